The van der Waals surface area contributed by atoms with Crippen molar-refractivity contribution in [3.63, 3.8) is 0 Å². The molecular formula is C50H62N2O9. The Morgan fingerprint density at radius 1 is 0.967 bits per heavy atom. The highest BCUT2D eigenvalue weighted by atomic mass is 16.7. The van der Waals surface area contributed by atoms with E-state index >= 15 is 4.79 Å². The zero-order valence-corrected chi connectivity index (χ0v) is 36.0. The molecule has 0 amide bonds. The molecule has 2 aromatic rings. The molecule has 0 radical (unpaired) electrons. The van der Waals surface area contributed by atoms with Crippen LogP contribution in [0.1, 0.15) is 115 Å². The Labute approximate surface area is 359 Å². The lowest BCUT2D eigenvalue weighted by molar-refractivity contribution is -0.295. The molecule has 1 aromatic carbocycles. The van der Waals surface area contributed by atoms with Gasteiger partial charge in [0.1, 0.15) is 24.1 Å². The summed E-state index contributed by atoms with van der Waals surface area (Å²) in [6.07, 6.45) is 9.61. The fourth-order valence-electron chi connectivity index (χ4n) is 15.9. The highest BCUT2D eigenvalue weighted by molar-refractivity contribution is 5.92. The summed E-state index contributed by atoms with van der Waals surface area (Å²) >= 11 is 0. The molecule has 11 rings (SSSR count). The molecule has 1 aromatic heterocycles. The average Bonchev–Trinajstić information content (AvgIpc) is 3.48. The Morgan fingerprint density at radius 3 is 2.62 bits per heavy atom. The van der Waals surface area contributed by atoms with Crippen molar-refractivity contribution in [2.75, 3.05) is 19.8 Å². The van der Waals surface area contributed by atoms with Gasteiger partial charge in [0, 0.05) is 53.4 Å². The topological polar surface area (TPSA) is 149 Å². The number of esters is 2. The fourth-order valence-corrected chi connectivity index (χ4v) is 15.9. The smallest absolute Gasteiger partial charge is 0.339 e. The second-order valence-corrected chi connectivity index (χ2v) is 21.1. The lowest BCUT2D eigenvalue weighted by Gasteiger charge is -2.71. The largest absolute Gasteiger partial charge is 0.469 e. The Morgan fingerprint density at radius 2 is 1.80 bits per heavy atom. The predicted octanol–water partition coefficient (Wildman–Crippen LogP) is 5.94. The van der Waals surface area contributed by atoms with Gasteiger partial charge in [-0.15, -0.1) is 0 Å². The highest BCUT2D eigenvalue weighted by Crippen LogP contribution is 2.84. The van der Waals surface area contributed by atoms with Gasteiger partial charge in [0.25, 0.3) is 0 Å². The summed E-state index contributed by atoms with van der Waals surface area (Å²) < 4.78 is 33.4. The third kappa shape index (κ3) is 5.38. The summed E-state index contributed by atoms with van der Waals surface area (Å²) in [6.45, 7) is 7.97. The van der Waals surface area contributed by atoms with Crippen molar-refractivity contribution < 1.29 is 42.9 Å². The van der Waals surface area contributed by atoms with Crippen molar-refractivity contribution in [3.8, 4) is 11.8 Å². The summed E-state index contributed by atoms with van der Waals surface area (Å²) in [4.78, 5) is 43.8. The summed E-state index contributed by atoms with van der Waals surface area (Å²) in [6, 6.07) is 13.1. The lowest BCUT2D eigenvalue weighted by Crippen LogP contribution is -2.81. The monoisotopic (exact) mass is 834 g/mol. The van der Waals surface area contributed by atoms with Gasteiger partial charge in [0.2, 0.25) is 0 Å². The van der Waals surface area contributed by atoms with Crippen LogP contribution in [-0.4, -0.2) is 78.2 Å². The number of cyclic esters (lactones) is 1. The number of aliphatic hydroxyl groups excluding tert-OH is 1. The summed E-state index contributed by atoms with van der Waals surface area (Å²) in [7, 11) is 0. The maximum Gasteiger partial charge on any atom is 0.339 e. The number of carbonyl (C=O) groups excluding carboxylic acids is 3. The number of ketones is 1. The number of aryl methyl sites for hydroxylation is 1. The number of hydrogen-bond acceptors (Lipinski definition) is 11. The molecule has 14 atom stereocenters. The molecule has 5 aliphatic heterocycles. The normalized spacial score (nSPS) is 44.9. The summed E-state index contributed by atoms with van der Waals surface area (Å²) in [5, 5.41) is 20.4. The van der Waals surface area contributed by atoms with E-state index in [0.717, 1.165) is 75.9 Å². The van der Waals surface area contributed by atoms with E-state index in [0.29, 0.717) is 31.7 Å². The van der Waals surface area contributed by atoms with Crippen molar-refractivity contribution in [2.24, 2.45) is 45.8 Å². The zero-order chi connectivity index (χ0) is 42.0. The maximum absolute atomic E-state index is 15.7. The van der Waals surface area contributed by atoms with Gasteiger partial charge >= 0.3 is 11.9 Å². The molecule has 61 heavy (non-hydrogen) atoms. The molecule has 4 aliphatic carbocycles. The number of benzene rings is 1. The molecular weight excluding hydrogens is 773 g/mol. The van der Waals surface area contributed by atoms with Crippen LogP contribution in [0.2, 0.25) is 0 Å². The van der Waals surface area contributed by atoms with Gasteiger partial charge in [-0.05, 0) is 94.6 Å². The molecule has 6 heterocycles. The minimum Gasteiger partial charge on any atom is -0.469 e. The van der Waals surface area contributed by atoms with Crippen LogP contribution in [0.5, 0.6) is 0 Å². The molecule has 3 saturated carbocycles. The van der Waals surface area contributed by atoms with Crippen molar-refractivity contribution in [2.45, 2.75) is 152 Å². The average molecular weight is 835 g/mol. The molecule has 4 bridgehead atoms. The van der Waals surface area contributed by atoms with Gasteiger partial charge in [-0.3, -0.25) is 9.59 Å². The van der Waals surface area contributed by atoms with Gasteiger partial charge in [-0.2, -0.15) is 0 Å². The first-order chi connectivity index (χ1) is 29.4. The quantitative estimate of drug-likeness (QED) is 0.113. The SMILES string of the molecule is CC1(C)OC2CC(=O)OCC23C1C(=O)C(O)C12C4CC(Cc5ccccc5)CCC4C#CCC4(c5ccoc5CCCCCCC5CNCN5)OC(=O)C5OC51C4(C)CCC32. The van der Waals surface area contributed by atoms with Crippen molar-refractivity contribution in [1.82, 2.24) is 10.6 Å². The van der Waals surface area contributed by atoms with E-state index in [1.54, 1.807) is 6.26 Å². The molecule has 326 valence electrons. The van der Waals surface area contributed by atoms with Crippen LogP contribution in [0.3, 0.4) is 0 Å². The number of ether oxygens (including phenoxy) is 4. The van der Waals surface area contributed by atoms with Crippen LogP contribution >= 0.6 is 0 Å². The second kappa shape index (κ2) is 14.2. The number of epoxide rings is 1. The minimum absolute atomic E-state index is 0.0268. The molecule has 11 heteroatoms. The summed E-state index contributed by atoms with van der Waals surface area (Å²) in [5.74, 6) is 5.82. The van der Waals surface area contributed by atoms with E-state index in [9.17, 15) is 14.7 Å². The number of furan rings is 1. The molecule has 8 fully saturated rings. The van der Waals surface area contributed by atoms with Gasteiger partial charge < -0.3 is 39.1 Å². The van der Waals surface area contributed by atoms with Crippen molar-refractivity contribution in [1.29, 1.82) is 0 Å². The zero-order valence-electron chi connectivity index (χ0n) is 36.0. The van der Waals surface area contributed by atoms with Crippen LogP contribution in [-0.2, 0) is 51.8 Å². The number of hydrogen-bond donors (Lipinski definition) is 3. The van der Waals surface area contributed by atoms with Crippen LogP contribution in [0.4, 0.5) is 0 Å². The van der Waals surface area contributed by atoms with E-state index in [1.807, 2.05) is 26.0 Å². The highest BCUT2D eigenvalue weighted by Gasteiger charge is 2.95. The number of rotatable bonds is 10. The van der Waals surface area contributed by atoms with Crippen molar-refractivity contribution >= 4 is 17.7 Å². The number of nitrogens with one attached hydrogen (secondary N) is 2. The first-order valence-corrected chi connectivity index (χ1v) is 23.4. The standard InChI is InChI=1S/C50H62N2O9/c1-45(2)41-40(54)42(55)49-35-25-31(24-30-12-7-6-8-13-30)17-18-32(35)14-11-21-48(34-20-23-57-36(34)16-10-5-4-9-15-33-27-51-29-52-33)46(3,50(49)43(60-50)44(56)61-48)22-19-37(49)47(41)28-58-39(53)26-38(47)59-45/h6-8,12-13,20,23,31-33,35,37-38,41-43,51-52,55H,4-5,9-10,15-19,21-22,24-29H2,1-3H3. The van der Waals surface area contributed by atoms with Gasteiger partial charge in [0.15, 0.2) is 17.5 Å². The minimum atomic E-state index is -1.47. The maximum atomic E-state index is 15.7. The number of aliphatic hydroxyl groups is 1. The van der Waals surface area contributed by atoms with E-state index < -0.39 is 63.2 Å². The van der Waals surface area contributed by atoms with E-state index in [1.165, 1.54) is 5.56 Å². The van der Waals surface area contributed by atoms with Gasteiger partial charge in [-0.1, -0.05) is 68.4 Å². The fraction of sp³-hybridized carbons (Fsp3) is 0.700. The molecule has 5 saturated heterocycles. The van der Waals surface area contributed by atoms with Crippen LogP contribution in [0.15, 0.2) is 47.1 Å². The Hall–Kier alpha value is -3.53. The number of Topliss-reactive ketones (excluding diaryl/α,β-unsaturated/α-hetero) is 1. The summed E-state index contributed by atoms with van der Waals surface area (Å²) in [5.41, 5.74) is -4.51. The van der Waals surface area contributed by atoms with Crippen LogP contribution in [0.25, 0.3) is 0 Å². The number of fused-ring (bicyclic) bond motifs is 1. The van der Waals surface area contributed by atoms with Gasteiger partial charge in [0.05, 0.1) is 36.7 Å². The Kier molecular flexibility index (Phi) is 9.40. The predicted molar refractivity (Wildman–Crippen MR) is 222 cm³/mol. The molecule has 3 spiro atoms. The number of carbonyl (C=O) groups is 3. The first-order valence-electron chi connectivity index (χ1n) is 23.4. The van der Waals surface area contributed by atoms with Crippen LogP contribution in [0, 0.1) is 57.7 Å². The van der Waals surface area contributed by atoms with Crippen molar-refractivity contribution in [3.05, 3.63) is 59.5 Å². The van der Waals surface area contributed by atoms with E-state index in [4.69, 9.17) is 23.4 Å². The third-order valence-electron chi connectivity index (χ3n) is 18.1. The second-order valence-electron chi connectivity index (χ2n) is 21.1. The third-order valence-corrected chi connectivity index (χ3v) is 18.1. The number of unbranched alkanes of at least 4 members (excludes halogenated alkanes) is 3. The molecule has 11 nitrogen and oxygen atoms in total. The lowest BCUT2D eigenvalue weighted by atomic mass is 9.31. The Bertz CT molecular complexity index is 2150. The van der Waals surface area contributed by atoms with E-state index in [2.05, 4.69) is 53.7 Å². The van der Waals surface area contributed by atoms with Crippen LogP contribution < -0.4 is 10.6 Å². The van der Waals surface area contributed by atoms with E-state index in [-0.39, 0.29) is 54.9 Å². The van der Waals surface area contributed by atoms with Gasteiger partial charge in [-0.25, -0.2) is 4.79 Å². The molecule has 9 aliphatic rings. The first kappa shape index (κ1) is 40.3. The molecule has 3 N–H and O–H groups in total. The Balaban J connectivity index is 1.05. The molecule has 14 unspecified atom stereocenters.